The van der Waals surface area contributed by atoms with E-state index < -0.39 is 16.3 Å². The van der Waals surface area contributed by atoms with E-state index >= 15 is 0 Å². The van der Waals surface area contributed by atoms with Gasteiger partial charge in [0.2, 0.25) is 0 Å². The Morgan fingerprint density at radius 3 is 2.80 bits per heavy atom. The Bertz CT molecular complexity index is 381. The quantitative estimate of drug-likeness (QED) is 0.426. The first kappa shape index (κ1) is 11.8. The Balaban J connectivity index is 2.58. The maximum absolute atomic E-state index is 10.4. The smallest absolute Gasteiger partial charge is 0.269 e. The van der Waals surface area contributed by atoms with Crippen LogP contribution in [0.25, 0.3) is 0 Å². The average Bonchev–Trinajstić information content (AvgIpc) is 2.17. The van der Waals surface area contributed by atoms with Crippen LogP contribution in [0.4, 0.5) is 5.69 Å². The van der Waals surface area contributed by atoms with Crippen molar-refractivity contribution in [2.75, 3.05) is 6.61 Å². The predicted molar refractivity (Wildman–Crippen MR) is 51.7 cm³/mol. The monoisotopic (exact) mass is 230 g/mol. The van der Waals surface area contributed by atoms with Crippen molar-refractivity contribution in [3.63, 3.8) is 0 Å². The normalized spacial score (nSPS) is 12.3. The average molecular weight is 230 g/mol. The predicted octanol–water partition coefficient (Wildman–Crippen LogP) is 0.948. The molecular weight excluding hydrogens is 222 g/mol. The third-order valence-corrected chi connectivity index (χ3v) is 2.05. The van der Waals surface area contributed by atoms with Gasteiger partial charge in [-0.25, -0.2) is 4.21 Å². The maximum Gasteiger partial charge on any atom is 0.269 e. The summed E-state index contributed by atoms with van der Waals surface area (Å²) in [4.78, 5) is 9.91. The number of non-ortho nitro benzene ring substituents is 1. The Kier molecular flexibility index (Phi) is 4.35. The van der Waals surface area contributed by atoms with Gasteiger partial charge in [0.25, 0.3) is 5.69 Å². The van der Waals surface area contributed by atoms with E-state index in [-0.39, 0.29) is 12.3 Å². The van der Waals surface area contributed by atoms with Crippen molar-refractivity contribution in [1.82, 2.24) is 0 Å². The molecule has 0 fully saturated rings. The molecule has 0 radical (unpaired) electrons. The van der Waals surface area contributed by atoms with Gasteiger partial charge < -0.3 is 8.74 Å². The molecule has 6 nitrogen and oxygen atoms in total. The molecule has 1 rings (SSSR count). The van der Waals surface area contributed by atoms with E-state index in [1.165, 1.54) is 12.1 Å². The molecule has 0 amide bonds. The molecule has 1 unspecified atom stereocenters. The molecule has 15 heavy (non-hydrogen) atoms. The van der Waals surface area contributed by atoms with Crippen LogP contribution in [0.15, 0.2) is 24.3 Å². The molecule has 0 aromatic heterocycles. The summed E-state index contributed by atoms with van der Waals surface area (Å²) in [5.41, 5.74) is 0.644. The number of rotatable bonds is 5. The highest BCUT2D eigenvalue weighted by Gasteiger charge is 2.05. The summed E-state index contributed by atoms with van der Waals surface area (Å²) in [5, 5.41) is 10.4. The van der Waals surface area contributed by atoms with E-state index in [1.807, 2.05) is 0 Å². The number of nitrogens with zero attached hydrogens (tertiary/aromatic N) is 1. The highest BCUT2D eigenvalue weighted by molar-refractivity contribution is 7.74. The third kappa shape index (κ3) is 4.15. The van der Waals surface area contributed by atoms with Crippen LogP contribution in [-0.4, -0.2) is 20.3 Å². The summed E-state index contributed by atoms with van der Waals surface area (Å²) in [6.45, 7) is -0.0166. The SMILES string of the molecule is O=[N+]([O-])c1cccc(CCOS(=O)[O-])c1. The fraction of sp³-hybridized carbons (Fsp3) is 0.250. The van der Waals surface area contributed by atoms with E-state index in [0.29, 0.717) is 12.0 Å². The largest absolute Gasteiger partial charge is 0.750 e. The van der Waals surface area contributed by atoms with E-state index in [2.05, 4.69) is 4.18 Å². The van der Waals surface area contributed by atoms with E-state index in [1.54, 1.807) is 12.1 Å². The molecule has 0 N–H and O–H groups in total. The van der Waals surface area contributed by atoms with Crippen molar-refractivity contribution >= 4 is 17.0 Å². The standard InChI is InChI=1S/C8H9NO5S/c10-9(11)8-3-1-2-7(6-8)4-5-14-15(12)13/h1-3,6H,4-5H2,(H,12,13)/p-1. The second-order valence-electron chi connectivity index (χ2n) is 2.70. The Labute approximate surface area is 88.5 Å². The molecule has 82 valence electrons. The van der Waals surface area contributed by atoms with Crippen molar-refractivity contribution in [3.8, 4) is 0 Å². The second-order valence-corrected chi connectivity index (χ2v) is 3.35. The number of hydrogen-bond acceptors (Lipinski definition) is 5. The summed E-state index contributed by atoms with van der Waals surface area (Å²) in [6.07, 6.45) is 0.315. The Morgan fingerprint density at radius 1 is 1.47 bits per heavy atom. The molecule has 1 aromatic carbocycles. The lowest BCUT2D eigenvalue weighted by Gasteiger charge is -2.05. The fourth-order valence-corrected chi connectivity index (χ4v) is 1.27. The van der Waals surface area contributed by atoms with Gasteiger partial charge in [0.15, 0.2) is 0 Å². The Morgan fingerprint density at radius 2 is 2.20 bits per heavy atom. The van der Waals surface area contributed by atoms with Gasteiger partial charge >= 0.3 is 0 Å². The zero-order valence-electron chi connectivity index (χ0n) is 7.62. The topological polar surface area (TPSA) is 92.5 Å². The summed E-state index contributed by atoms with van der Waals surface area (Å²) >= 11 is -2.54. The van der Waals surface area contributed by atoms with Gasteiger partial charge in [0.05, 0.1) is 22.9 Å². The highest BCUT2D eigenvalue weighted by Crippen LogP contribution is 2.13. The third-order valence-electron chi connectivity index (χ3n) is 1.69. The summed E-state index contributed by atoms with van der Waals surface area (Å²) in [6, 6.07) is 5.97. The minimum atomic E-state index is -2.54. The first-order valence-electron chi connectivity index (χ1n) is 4.05. The van der Waals surface area contributed by atoms with Crippen LogP contribution in [0.2, 0.25) is 0 Å². The van der Waals surface area contributed by atoms with E-state index in [9.17, 15) is 18.9 Å². The van der Waals surface area contributed by atoms with Crippen LogP contribution in [0.5, 0.6) is 0 Å². The summed E-state index contributed by atoms with van der Waals surface area (Å²) < 4.78 is 24.4. The van der Waals surface area contributed by atoms with Gasteiger partial charge in [0, 0.05) is 12.1 Å². The summed E-state index contributed by atoms with van der Waals surface area (Å²) in [5.74, 6) is 0. The minimum absolute atomic E-state index is 0.0166. The minimum Gasteiger partial charge on any atom is -0.750 e. The molecule has 7 heteroatoms. The molecule has 0 bridgehead atoms. The van der Waals surface area contributed by atoms with E-state index in [0.717, 1.165) is 0 Å². The van der Waals surface area contributed by atoms with Crippen LogP contribution < -0.4 is 0 Å². The molecule has 0 aliphatic carbocycles. The zero-order valence-corrected chi connectivity index (χ0v) is 8.44. The van der Waals surface area contributed by atoms with Crippen molar-refractivity contribution in [2.45, 2.75) is 6.42 Å². The maximum atomic E-state index is 10.4. The van der Waals surface area contributed by atoms with Crippen LogP contribution in [0.1, 0.15) is 5.56 Å². The van der Waals surface area contributed by atoms with Crippen LogP contribution >= 0.6 is 0 Å². The molecule has 0 saturated carbocycles. The molecule has 0 aliphatic heterocycles. The van der Waals surface area contributed by atoms with Crippen molar-refractivity contribution in [1.29, 1.82) is 0 Å². The molecule has 0 spiro atoms. The van der Waals surface area contributed by atoms with Gasteiger partial charge in [-0.2, -0.15) is 0 Å². The van der Waals surface area contributed by atoms with Gasteiger partial charge in [-0.05, 0) is 12.0 Å². The van der Waals surface area contributed by atoms with Crippen molar-refractivity contribution < 1.29 is 17.9 Å². The first-order chi connectivity index (χ1) is 7.09. The van der Waals surface area contributed by atoms with E-state index in [4.69, 9.17) is 0 Å². The van der Waals surface area contributed by atoms with Gasteiger partial charge in [-0.1, -0.05) is 12.1 Å². The van der Waals surface area contributed by atoms with Gasteiger partial charge in [0.1, 0.15) is 0 Å². The molecule has 0 aliphatic rings. The van der Waals surface area contributed by atoms with Crippen LogP contribution in [0.3, 0.4) is 0 Å². The summed E-state index contributed by atoms with van der Waals surface area (Å²) in [7, 11) is 0. The van der Waals surface area contributed by atoms with Crippen molar-refractivity contribution in [3.05, 3.63) is 39.9 Å². The van der Waals surface area contributed by atoms with Gasteiger partial charge in [-0.15, -0.1) is 0 Å². The molecule has 1 atom stereocenters. The number of hydrogen-bond donors (Lipinski definition) is 0. The first-order valence-corrected chi connectivity index (χ1v) is 5.05. The second kappa shape index (κ2) is 5.54. The lowest BCUT2D eigenvalue weighted by atomic mass is 10.1. The zero-order chi connectivity index (χ0) is 11.3. The number of benzene rings is 1. The van der Waals surface area contributed by atoms with Crippen molar-refractivity contribution in [2.24, 2.45) is 0 Å². The van der Waals surface area contributed by atoms with Crippen LogP contribution in [-0.2, 0) is 22.0 Å². The highest BCUT2D eigenvalue weighted by atomic mass is 32.2. The Hall–Kier alpha value is -1.31. The van der Waals surface area contributed by atoms with Gasteiger partial charge in [-0.3, -0.25) is 10.1 Å². The molecule has 0 heterocycles. The molecule has 0 saturated heterocycles. The number of nitro groups is 1. The lowest BCUT2D eigenvalue weighted by Crippen LogP contribution is -2.01. The molecule has 1 aromatic rings. The van der Waals surface area contributed by atoms with Crippen LogP contribution in [0, 0.1) is 10.1 Å². The number of nitro benzene ring substituents is 1. The fourth-order valence-electron chi connectivity index (χ4n) is 1.05. The molecular formula is C8H8NO5S-. The lowest BCUT2D eigenvalue weighted by molar-refractivity contribution is -0.384.